The van der Waals surface area contributed by atoms with Crippen molar-refractivity contribution in [3.8, 4) is 0 Å². The molecule has 0 amide bonds. The Morgan fingerprint density at radius 1 is 1.31 bits per heavy atom. The van der Waals surface area contributed by atoms with Gasteiger partial charge in [-0.05, 0) is 12.0 Å². The first-order valence-electron chi connectivity index (χ1n) is 4.74. The number of rotatable bonds is 5. The van der Waals surface area contributed by atoms with Crippen molar-refractivity contribution in [2.45, 2.75) is 19.8 Å². The van der Waals surface area contributed by atoms with E-state index in [1.165, 1.54) is 12.8 Å². The van der Waals surface area contributed by atoms with Gasteiger partial charge in [0, 0.05) is 6.54 Å². The quantitative estimate of drug-likeness (QED) is 0.416. The maximum absolute atomic E-state index is 4.10. The van der Waals surface area contributed by atoms with Gasteiger partial charge < -0.3 is 5.43 Å². The van der Waals surface area contributed by atoms with E-state index >= 15 is 0 Å². The summed E-state index contributed by atoms with van der Waals surface area (Å²) in [7, 11) is 0. The van der Waals surface area contributed by atoms with Crippen molar-refractivity contribution in [1.29, 1.82) is 0 Å². The highest BCUT2D eigenvalue weighted by molar-refractivity contribution is 5.79. The smallest absolute Gasteiger partial charge is 0.0540 e. The number of hydrogen-bond acceptors (Lipinski definition) is 2. The molecule has 0 spiro atoms. The predicted molar refractivity (Wildman–Crippen MR) is 56.9 cm³/mol. The zero-order valence-electron chi connectivity index (χ0n) is 8.03. The minimum atomic E-state index is 0.958. The van der Waals surface area contributed by atoms with E-state index in [1.807, 2.05) is 36.5 Å². The first-order chi connectivity index (χ1) is 6.43. The van der Waals surface area contributed by atoms with Crippen LogP contribution in [0.4, 0.5) is 0 Å². The third kappa shape index (κ3) is 4.31. The van der Waals surface area contributed by atoms with Gasteiger partial charge in [0.25, 0.3) is 0 Å². The zero-order valence-corrected chi connectivity index (χ0v) is 8.03. The van der Waals surface area contributed by atoms with Crippen molar-refractivity contribution in [1.82, 2.24) is 5.43 Å². The van der Waals surface area contributed by atoms with Gasteiger partial charge in [-0.25, -0.2) is 0 Å². The molecule has 70 valence electrons. The van der Waals surface area contributed by atoms with Crippen LogP contribution in [-0.2, 0) is 0 Å². The maximum Gasteiger partial charge on any atom is 0.0540 e. The van der Waals surface area contributed by atoms with Gasteiger partial charge in [0.1, 0.15) is 0 Å². The van der Waals surface area contributed by atoms with Crippen molar-refractivity contribution >= 4 is 6.21 Å². The molecular weight excluding hydrogens is 160 g/mol. The normalized spacial score (nSPS) is 10.5. The Kier molecular flexibility index (Phi) is 4.69. The van der Waals surface area contributed by atoms with Gasteiger partial charge in [-0.1, -0.05) is 43.7 Å². The lowest BCUT2D eigenvalue weighted by atomic mass is 10.2. The first kappa shape index (κ1) is 9.78. The highest BCUT2D eigenvalue weighted by atomic mass is 15.3. The molecule has 0 aliphatic heterocycles. The Morgan fingerprint density at radius 3 is 2.77 bits per heavy atom. The van der Waals surface area contributed by atoms with Crippen LogP contribution in [0.1, 0.15) is 25.3 Å². The molecule has 2 heteroatoms. The van der Waals surface area contributed by atoms with E-state index < -0.39 is 0 Å². The maximum atomic E-state index is 4.10. The average molecular weight is 176 g/mol. The van der Waals surface area contributed by atoms with Crippen LogP contribution in [0.15, 0.2) is 35.4 Å². The SMILES string of the molecule is CCCCNN=Cc1ccccc1. The van der Waals surface area contributed by atoms with Crippen LogP contribution >= 0.6 is 0 Å². The molecule has 1 N–H and O–H groups in total. The number of hydrazone groups is 1. The second kappa shape index (κ2) is 6.23. The van der Waals surface area contributed by atoms with Gasteiger partial charge in [-0.3, -0.25) is 0 Å². The van der Waals surface area contributed by atoms with Crippen LogP contribution in [0.25, 0.3) is 0 Å². The summed E-state index contributed by atoms with van der Waals surface area (Å²) in [6.07, 6.45) is 4.22. The standard InChI is InChI=1S/C11H16N2/c1-2-3-9-12-13-10-11-7-5-4-6-8-11/h4-8,10,12H,2-3,9H2,1H3. The molecule has 0 aliphatic carbocycles. The summed E-state index contributed by atoms with van der Waals surface area (Å²) in [5.74, 6) is 0. The molecule has 0 heterocycles. The molecule has 0 fully saturated rings. The molecule has 0 saturated carbocycles. The highest BCUT2D eigenvalue weighted by Gasteiger charge is 1.82. The lowest BCUT2D eigenvalue weighted by Crippen LogP contribution is -2.06. The highest BCUT2D eigenvalue weighted by Crippen LogP contribution is 1.93. The summed E-state index contributed by atoms with van der Waals surface area (Å²) >= 11 is 0. The van der Waals surface area contributed by atoms with E-state index in [0.29, 0.717) is 0 Å². The molecule has 0 aromatic heterocycles. The van der Waals surface area contributed by atoms with Gasteiger partial charge >= 0.3 is 0 Å². The fourth-order valence-electron chi connectivity index (χ4n) is 0.980. The molecule has 13 heavy (non-hydrogen) atoms. The number of benzene rings is 1. The Bertz CT molecular complexity index is 242. The molecule has 0 aliphatic rings. The van der Waals surface area contributed by atoms with E-state index in [1.54, 1.807) is 0 Å². The molecule has 2 nitrogen and oxygen atoms in total. The van der Waals surface area contributed by atoms with E-state index in [2.05, 4.69) is 17.5 Å². The molecule has 0 saturated heterocycles. The zero-order chi connectivity index (χ0) is 9.36. The van der Waals surface area contributed by atoms with Crippen LogP contribution in [-0.4, -0.2) is 12.8 Å². The summed E-state index contributed by atoms with van der Waals surface area (Å²) in [5.41, 5.74) is 4.14. The number of nitrogens with one attached hydrogen (secondary N) is 1. The van der Waals surface area contributed by atoms with E-state index in [-0.39, 0.29) is 0 Å². The lowest BCUT2D eigenvalue weighted by Gasteiger charge is -1.96. The summed E-state index contributed by atoms with van der Waals surface area (Å²) in [6.45, 7) is 3.13. The van der Waals surface area contributed by atoms with Gasteiger partial charge in [0.2, 0.25) is 0 Å². The largest absolute Gasteiger partial charge is 0.310 e. The second-order valence-corrected chi connectivity index (χ2v) is 2.93. The first-order valence-corrected chi connectivity index (χ1v) is 4.74. The van der Waals surface area contributed by atoms with Crippen LogP contribution < -0.4 is 5.43 Å². The molecule has 1 aromatic rings. The van der Waals surface area contributed by atoms with Crippen molar-refractivity contribution in [3.63, 3.8) is 0 Å². The van der Waals surface area contributed by atoms with Crippen LogP contribution in [0, 0.1) is 0 Å². The Labute approximate surface area is 79.7 Å². The minimum absolute atomic E-state index is 0.958. The van der Waals surface area contributed by atoms with E-state index in [0.717, 1.165) is 12.1 Å². The van der Waals surface area contributed by atoms with E-state index in [4.69, 9.17) is 0 Å². The van der Waals surface area contributed by atoms with Crippen LogP contribution in [0.2, 0.25) is 0 Å². The average Bonchev–Trinajstić information content (AvgIpc) is 2.19. The van der Waals surface area contributed by atoms with Gasteiger partial charge in [-0.15, -0.1) is 0 Å². The summed E-state index contributed by atoms with van der Waals surface area (Å²) in [4.78, 5) is 0. The Balaban J connectivity index is 2.25. The third-order valence-corrected chi connectivity index (χ3v) is 1.75. The third-order valence-electron chi connectivity index (χ3n) is 1.75. The fourth-order valence-corrected chi connectivity index (χ4v) is 0.980. The van der Waals surface area contributed by atoms with Crippen molar-refractivity contribution in [3.05, 3.63) is 35.9 Å². The molecule has 0 atom stereocenters. The summed E-state index contributed by atoms with van der Waals surface area (Å²) in [6, 6.07) is 10.1. The van der Waals surface area contributed by atoms with Crippen molar-refractivity contribution in [2.75, 3.05) is 6.54 Å². The summed E-state index contributed by atoms with van der Waals surface area (Å²) in [5, 5.41) is 4.10. The van der Waals surface area contributed by atoms with Gasteiger partial charge in [-0.2, -0.15) is 5.10 Å². The minimum Gasteiger partial charge on any atom is -0.310 e. The van der Waals surface area contributed by atoms with Gasteiger partial charge in [0.05, 0.1) is 6.21 Å². The predicted octanol–water partition coefficient (Wildman–Crippen LogP) is 2.41. The monoisotopic (exact) mass is 176 g/mol. The molecule has 1 aromatic carbocycles. The van der Waals surface area contributed by atoms with Crippen molar-refractivity contribution < 1.29 is 0 Å². The van der Waals surface area contributed by atoms with Crippen LogP contribution in [0.3, 0.4) is 0 Å². The Morgan fingerprint density at radius 2 is 2.08 bits per heavy atom. The van der Waals surface area contributed by atoms with E-state index in [9.17, 15) is 0 Å². The molecular formula is C11H16N2. The number of nitrogens with zero attached hydrogens (tertiary/aromatic N) is 1. The second-order valence-electron chi connectivity index (χ2n) is 2.93. The number of hydrogen-bond donors (Lipinski definition) is 1. The van der Waals surface area contributed by atoms with Gasteiger partial charge in [0.15, 0.2) is 0 Å². The van der Waals surface area contributed by atoms with Crippen molar-refractivity contribution in [2.24, 2.45) is 5.10 Å². The molecule has 0 unspecified atom stereocenters. The number of unbranched alkanes of at least 4 members (excludes halogenated alkanes) is 1. The lowest BCUT2D eigenvalue weighted by molar-refractivity contribution is 0.674. The summed E-state index contributed by atoms with van der Waals surface area (Å²) < 4.78 is 0. The van der Waals surface area contributed by atoms with Crippen LogP contribution in [0.5, 0.6) is 0 Å². The molecule has 1 rings (SSSR count). The molecule has 0 bridgehead atoms. The topological polar surface area (TPSA) is 24.4 Å². The molecule has 0 radical (unpaired) electrons. The fraction of sp³-hybridized carbons (Fsp3) is 0.364. The Hall–Kier alpha value is -1.31.